The van der Waals surface area contributed by atoms with Gasteiger partial charge in [-0.15, -0.1) is 0 Å². The summed E-state index contributed by atoms with van der Waals surface area (Å²) in [6.45, 7) is 1.87. The van der Waals surface area contributed by atoms with Crippen LogP contribution in [0.15, 0.2) is 59.8 Å². The number of carbonyl (C=O) groups excluding carboxylic acids is 2. The van der Waals surface area contributed by atoms with E-state index >= 15 is 0 Å². The van der Waals surface area contributed by atoms with Crippen molar-refractivity contribution in [2.24, 2.45) is 0 Å². The quantitative estimate of drug-likeness (QED) is 0.489. The van der Waals surface area contributed by atoms with Crippen molar-refractivity contribution in [2.45, 2.75) is 13.0 Å². The summed E-state index contributed by atoms with van der Waals surface area (Å²) in [5.74, 6) is 0.291. The number of allylic oxidation sites excluding steroid dienone is 1. The SMILES string of the molecule is COc1cc(C2NC(=O)NC(C)=C2C(=O)OCCOc2ccccc2)ccc1O. The highest BCUT2D eigenvalue weighted by atomic mass is 16.6. The third-order valence-corrected chi connectivity index (χ3v) is 4.35. The van der Waals surface area contributed by atoms with E-state index in [1.54, 1.807) is 19.1 Å². The van der Waals surface area contributed by atoms with Gasteiger partial charge in [-0.2, -0.15) is 0 Å². The number of phenolic OH excluding ortho intramolecular Hbond substituents is 1. The second-order valence-corrected chi connectivity index (χ2v) is 6.30. The molecular weight excluding hydrogens is 376 g/mol. The summed E-state index contributed by atoms with van der Waals surface area (Å²) in [6.07, 6.45) is 0. The maximum Gasteiger partial charge on any atom is 0.338 e. The van der Waals surface area contributed by atoms with E-state index in [1.807, 2.05) is 30.3 Å². The second kappa shape index (κ2) is 9.01. The fourth-order valence-electron chi connectivity index (χ4n) is 2.98. The lowest BCUT2D eigenvalue weighted by Gasteiger charge is -2.28. The molecule has 1 heterocycles. The van der Waals surface area contributed by atoms with Gasteiger partial charge in [0.25, 0.3) is 0 Å². The number of carbonyl (C=O) groups is 2. The molecule has 0 spiro atoms. The average Bonchev–Trinajstić information content (AvgIpc) is 2.71. The van der Waals surface area contributed by atoms with Crippen LogP contribution in [-0.4, -0.2) is 37.4 Å². The number of benzene rings is 2. The van der Waals surface area contributed by atoms with Crippen molar-refractivity contribution in [3.8, 4) is 17.2 Å². The number of amides is 2. The maximum atomic E-state index is 12.7. The number of hydrogen-bond acceptors (Lipinski definition) is 6. The molecule has 8 nitrogen and oxygen atoms in total. The molecule has 0 aromatic heterocycles. The van der Waals surface area contributed by atoms with Gasteiger partial charge in [-0.05, 0) is 36.8 Å². The van der Waals surface area contributed by atoms with E-state index in [9.17, 15) is 14.7 Å². The molecule has 0 bridgehead atoms. The van der Waals surface area contributed by atoms with Crippen LogP contribution in [0.25, 0.3) is 0 Å². The van der Waals surface area contributed by atoms with Gasteiger partial charge in [-0.3, -0.25) is 0 Å². The molecular formula is C21H22N2O6. The van der Waals surface area contributed by atoms with Gasteiger partial charge in [0.2, 0.25) is 0 Å². The van der Waals surface area contributed by atoms with Crippen LogP contribution in [0.4, 0.5) is 4.79 Å². The van der Waals surface area contributed by atoms with Crippen molar-refractivity contribution in [3.05, 3.63) is 65.4 Å². The first-order chi connectivity index (χ1) is 14.0. The van der Waals surface area contributed by atoms with Crippen LogP contribution in [-0.2, 0) is 9.53 Å². The molecule has 0 aliphatic carbocycles. The molecule has 8 heteroatoms. The zero-order chi connectivity index (χ0) is 20.8. The minimum Gasteiger partial charge on any atom is -0.504 e. The normalized spacial score (nSPS) is 15.9. The first-order valence-electron chi connectivity index (χ1n) is 8.99. The Morgan fingerprint density at radius 2 is 1.90 bits per heavy atom. The van der Waals surface area contributed by atoms with E-state index in [4.69, 9.17) is 14.2 Å². The average molecular weight is 398 g/mol. The Balaban J connectivity index is 1.72. The molecule has 29 heavy (non-hydrogen) atoms. The van der Waals surface area contributed by atoms with Gasteiger partial charge in [0, 0.05) is 5.70 Å². The number of para-hydroxylation sites is 1. The molecule has 2 aromatic carbocycles. The third kappa shape index (κ3) is 4.78. The van der Waals surface area contributed by atoms with Crippen LogP contribution in [0, 0.1) is 0 Å². The number of methoxy groups -OCH3 is 1. The Morgan fingerprint density at radius 3 is 2.62 bits per heavy atom. The number of urea groups is 1. The van der Waals surface area contributed by atoms with Gasteiger partial charge in [-0.1, -0.05) is 24.3 Å². The zero-order valence-electron chi connectivity index (χ0n) is 16.1. The summed E-state index contributed by atoms with van der Waals surface area (Å²) in [5, 5.41) is 15.1. The summed E-state index contributed by atoms with van der Waals surface area (Å²) in [5.41, 5.74) is 1.22. The Bertz CT molecular complexity index is 926. The molecule has 1 atom stereocenters. The molecule has 152 valence electrons. The lowest BCUT2D eigenvalue weighted by Crippen LogP contribution is -2.45. The Kier molecular flexibility index (Phi) is 6.23. The number of hydrogen-bond donors (Lipinski definition) is 3. The smallest absolute Gasteiger partial charge is 0.338 e. The summed E-state index contributed by atoms with van der Waals surface area (Å²) in [4.78, 5) is 24.7. The van der Waals surface area contributed by atoms with Gasteiger partial charge >= 0.3 is 12.0 Å². The molecule has 1 unspecified atom stereocenters. The van der Waals surface area contributed by atoms with Crippen LogP contribution >= 0.6 is 0 Å². The Hall–Kier alpha value is -3.68. The summed E-state index contributed by atoms with van der Waals surface area (Å²) in [6, 6.07) is 12.6. The fourth-order valence-corrected chi connectivity index (χ4v) is 2.98. The molecule has 2 amide bonds. The first kappa shape index (κ1) is 20.1. The monoisotopic (exact) mass is 398 g/mol. The standard InChI is InChI=1S/C21H22N2O6/c1-13-18(20(25)29-11-10-28-15-6-4-3-5-7-15)19(23-21(26)22-13)14-8-9-16(24)17(12-14)27-2/h3-9,12,19,24H,10-11H2,1-2H3,(H2,22,23,26). The fraction of sp³-hybridized carbons (Fsp3) is 0.238. The van der Waals surface area contributed by atoms with Crippen LogP contribution in [0.2, 0.25) is 0 Å². The topological polar surface area (TPSA) is 106 Å². The first-order valence-corrected chi connectivity index (χ1v) is 8.99. The van der Waals surface area contributed by atoms with E-state index in [0.717, 1.165) is 0 Å². The molecule has 0 radical (unpaired) electrons. The predicted octanol–water partition coefficient (Wildman–Crippen LogP) is 2.65. The van der Waals surface area contributed by atoms with Crippen LogP contribution in [0.1, 0.15) is 18.5 Å². The molecule has 1 aliphatic heterocycles. The number of nitrogens with one attached hydrogen (secondary N) is 2. The minimum atomic E-state index is -0.749. The van der Waals surface area contributed by atoms with E-state index in [-0.39, 0.29) is 30.3 Å². The van der Waals surface area contributed by atoms with Crippen LogP contribution in [0.3, 0.4) is 0 Å². The van der Waals surface area contributed by atoms with Gasteiger partial charge in [-0.25, -0.2) is 9.59 Å². The van der Waals surface area contributed by atoms with Crippen molar-refractivity contribution in [2.75, 3.05) is 20.3 Å². The van der Waals surface area contributed by atoms with E-state index in [1.165, 1.54) is 13.2 Å². The highest BCUT2D eigenvalue weighted by molar-refractivity contribution is 5.95. The Labute approximate surface area is 168 Å². The van der Waals surface area contributed by atoms with E-state index in [0.29, 0.717) is 17.0 Å². The molecule has 1 aliphatic rings. The van der Waals surface area contributed by atoms with Gasteiger partial charge in [0.15, 0.2) is 11.5 Å². The number of aromatic hydroxyl groups is 1. The molecule has 3 N–H and O–H groups in total. The number of ether oxygens (including phenoxy) is 3. The van der Waals surface area contributed by atoms with Gasteiger partial charge in [0.05, 0.1) is 18.7 Å². The summed E-state index contributed by atoms with van der Waals surface area (Å²) >= 11 is 0. The lowest BCUT2D eigenvalue weighted by atomic mass is 9.95. The third-order valence-electron chi connectivity index (χ3n) is 4.35. The lowest BCUT2D eigenvalue weighted by molar-refractivity contribution is -0.140. The van der Waals surface area contributed by atoms with Crippen molar-refractivity contribution >= 4 is 12.0 Å². The van der Waals surface area contributed by atoms with E-state index < -0.39 is 18.0 Å². The molecule has 0 saturated heterocycles. The van der Waals surface area contributed by atoms with Crippen LogP contribution in [0.5, 0.6) is 17.2 Å². The number of esters is 1. The largest absolute Gasteiger partial charge is 0.504 e. The van der Waals surface area contributed by atoms with Crippen molar-refractivity contribution in [1.82, 2.24) is 10.6 Å². The van der Waals surface area contributed by atoms with Crippen LogP contribution < -0.4 is 20.1 Å². The molecule has 0 fully saturated rings. The van der Waals surface area contributed by atoms with Gasteiger partial charge < -0.3 is 30.0 Å². The minimum absolute atomic E-state index is 0.0422. The van der Waals surface area contributed by atoms with E-state index in [2.05, 4.69) is 10.6 Å². The molecule has 2 aromatic rings. The predicted molar refractivity (Wildman–Crippen MR) is 105 cm³/mol. The van der Waals surface area contributed by atoms with Crippen molar-refractivity contribution < 1.29 is 28.9 Å². The van der Waals surface area contributed by atoms with Gasteiger partial charge in [0.1, 0.15) is 19.0 Å². The number of rotatable bonds is 7. The molecule has 0 saturated carbocycles. The van der Waals surface area contributed by atoms with Crippen molar-refractivity contribution in [1.29, 1.82) is 0 Å². The van der Waals surface area contributed by atoms with Crippen molar-refractivity contribution in [3.63, 3.8) is 0 Å². The summed E-state index contributed by atoms with van der Waals surface area (Å²) < 4.78 is 16.0. The Morgan fingerprint density at radius 1 is 1.14 bits per heavy atom. The summed E-state index contributed by atoms with van der Waals surface area (Å²) in [7, 11) is 1.42. The molecule has 3 rings (SSSR count). The maximum absolute atomic E-state index is 12.7. The number of phenols is 1. The second-order valence-electron chi connectivity index (χ2n) is 6.30. The highest BCUT2D eigenvalue weighted by Crippen LogP contribution is 2.33. The zero-order valence-corrected chi connectivity index (χ0v) is 16.1. The highest BCUT2D eigenvalue weighted by Gasteiger charge is 2.32.